The number of aromatic carboxylic acids is 1. The minimum absolute atomic E-state index is 0. The number of carbonyl (C=O) groups excluding carboxylic acids is 2. The van der Waals surface area contributed by atoms with Gasteiger partial charge >= 0.3 is 5.97 Å². The van der Waals surface area contributed by atoms with Crippen molar-refractivity contribution in [1.82, 2.24) is 19.4 Å². The van der Waals surface area contributed by atoms with Crippen LogP contribution in [0.3, 0.4) is 0 Å². The second-order valence-corrected chi connectivity index (χ2v) is 14.3. The molecule has 1 atom stereocenters. The van der Waals surface area contributed by atoms with Crippen molar-refractivity contribution in [2.45, 2.75) is 37.6 Å². The number of amides is 1. The van der Waals surface area contributed by atoms with Crippen molar-refractivity contribution < 1.29 is 33.7 Å². The molecule has 1 amide bonds. The quantitative estimate of drug-likeness (QED) is 0.126. The molecule has 288 valence electrons. The highest BCUT2D eigenvalue weighted by atomic mass is 35.5. The number of Topliss-reactive ketones (excluding diaryl/α,β-unsaturated/α-hetero) is 1. The number of nitrogens with zero attached hydrogens (tertiary/aromatic N) is 4. The Labute approximate surface area is 327 Å². The molecule has 0 saturated carbocycles. The van der Waals surface area contributed by atoms with Gasteiger partial charge in [-0.2, -0.15) is 0 Å². The van der Waals surface area contributed by atoms with Crippen molar-refractivity contribution in [2.24, 2.45) is 5.92 Å². The monoisotopic (exact) mass is 766 g/mol. The van der Waals surface area contributed by atoms with Crippen LogP contribution in [0.2, 0.25) is 0 Å². The fourth-order valence-corrected chi connectivity index (χ4v) is 8.14. The van der Waals surface area contributed by atoms with Gasteiger partial charge in [0.1, 0.15) is 0 Å². The number of para-hydroxylation sites is 2. The van der Waals surface area contributed by atoms with Gasteiger partial charge in [0.25, 0.3) is 5.91 Å². The molecule has 0 bridgehead atoms. The number of aromatic nitrogens is 2. The Morgan fingerprint density at radius 3 is 2.11 bits per heavy atom. The Morgan fingerprint density at radius 2 is 1.47 bits per heavy atom. The lowest BCUT2D eigenvalue weighted by Crippen LogP contribution is -2.41. The molecule has 0 radical (unpaired) electrons. The number of imidazole rings is 1. The van der Waals surface area contributed by atoms with Crippen molar-refractivity contribution in [3.63, 3.8) is 0 Å². The van der Waals surface area contributed by atoms with Gasteiger partial charge in [-0.05, 0) is 92.8 Å². The summed E-state index contributed by atoms with van der Waals surface area (Å²) in [5.41, 5.74) is 4.27. The van der Waals surface area contributed by atoms with E-state index < -0.39 is 5.97 Å². The Balaban J connectivity index is 0.00000514. The van der Waals surface area contributed by atoms with E-state index in [0.717, 1.165) is 61.9 Å². The van der Waals surface area contributed by atoms with Crippen LogP contribution in [0.5, 0.6) is 17.2 Å². The normalized spacial score (nSPS) is 17.5. The smallest absolute Gasteiger partial charge is 0.335 e. The molecule has 4 aromatic carbocycles. The number of carboxylic acids is 1. The van der Waals surface area contributed by atoms with Crippen molar-refractivity contribution in [3.05, 3.63) is 119 Å². The lowest BCUT2D eigenvalue weighted by atomic mass is 9.76. The van der Waals surface area contributed by atoms with Crippen LogP contribution < -0.4 is 14.2 Å². The van der Waals surface area contributed by atoms with Gasteiger partial charge in [-0.1, -0.05) is 54.6 Å². The van der Waals surface area contributed by atoms with Crippen LogP contribution in [0, 0.1) is 5.92 Å². The molecule has 7 rings (SSSR count). The van der Waals surface area contributed by atoms with E-state index in [0.29, 0.717) is 48.3 Å². The zero-order chi connectivity index (χ0) is 37.8. The van der Waals surface area contributed by atoms with Crippen LogP contribution >= 0.6 is 12.4 Å². The molecule has 1 aromatic heterocycles. The third kappa shape index (κ3) is 8.04. The van der Waals surface area contributed by atoms with E-state index in [9.17, 15) is 19.5 Å². The number of ether oxygens (including phenoxy) is 3. The third-order valence-corrected chi connectivity index (χ3v) is 11.2. The molecule has 2 aliphatic rings. The van der Waals surface area contributed by atoms with E-state index in [1.165, 1.54) is 5.56 Å². The second kappa shape index (κ2) is 17.0. The van der Waals surface area contributed by atoms with Gasteiger partial charge in [0.15, 0.2) is 17.3 Å². The van der Waals surface area contributed by atoms with Gasteiger partial charge in [-0.3, -0.25) is 9.59 Å². The minimum Gasteiger partial charge on any atom is -0.493 e. The molecule has 11 nitrogen and oxygen atoms in total. The van der Waals surface area contributed by atoms with Crippen molar-refractivity contribution >= 4 is 41.1 Å². The first kappa shape index (κ1) is 39.3. The van der Waals surface area contributed by atoms with Crippen LogP contribution in [0.1, 0.15) is 68.1 Å². The molecule has 5 aromatic rings. The molecule has 2 aliphatic heterocycles. The number of benzene rings is 4. The molecule has 12 heteroatoms. The highest BCUT2D eigenvalue weighted by Gasteiger charge is 2.42. The predicted molar refractivity (Wildman–Crippen MR) is 212 cm³/mol. The summed E-state index contributed by atoms with van der Waals surface area (Å²) in [6.45, 7) is 4.09. The Bertz CT molecular complexity index is 2120. The first-order valence-electron chi connectivity index (χ1n) is 18.4. The van der Waals surface area contributed by atoms with Crippen LogP contribution in [0.15, 0.2) is 91.0 Å². The molecule has 3 heterocycles. The number of hydrogen-bond donors (Lipinski definition) is 1. The van der Waals surface area contributed by atoms with E-state index in [1.807, 2.05) is 39.8 Å². The summed E-state index contributed by atoms with van der Waals surface area (Å²) >= 11 is 0. The van der Waals surface area contributed by atoms with Crippen LogP contribution in [0.4, 0.5) is 0 Å². The summed E-state index contributed by atoms with van der Waals surface area (Å²) in [5, 5.41) is 9.33. The van der Waals surface area contributed by atoms with E-state index in [2.05, 4.69) is 29.2 Å². The highest BCUT2D eigenvalue weighted by Crippen LogP contribution is 2.42. The van der Waals surface area contributed by atoms with E-state index in [4.69, 9.17) is 19.2 Å². The lowest BCUT2D eigenvalue weighted by Gasteiger charge is -2.36. The maximum Gasteiger partial charge on any atom is 0.335 e. The fraction of sp³-hybridized carbons (Fsp3) is 0.349. The first-order chi connectivity index (χ1) is 26.2. The first-order valence-corrected chi connectivity index (χ1v) is 18.4. The van der Waals surface area contributed by atoms with Crippen LogP contribution in [0.25, 0.3) is 11.0 Å². The van der Waals surface area contributed by atoms with Gasteiger partial charge < -0.3 is 33.7 Å². The summed E-state index contributed by atoms with van der Waals surface area (Å²) in [5.74, 6) is 0.640. The maximum atomic E-state index is 14.1. The molecule has 1 N–H and O–H groups in total. The van der Waals surface area contributed by atoms with E-state index in [1.54, 1.807) is 57.7 Å². The fourth-order valence-electron chi connectivity index (χ4n) is 8.14. The zero-order valence-electron chi connectivity index (χ0n) is 31.4. The standard InChI is InChI=1S/C43H46N4O7.ClH/c1-52-36-25-32(26-37(53-2)39(36)54-3)41(49)46-24-20-43(28-46,33-9-5-4-6-10-33)19-23-45-21-17-30(18-22-45)38(48)40-44-34-11-7-8-12-35(34)47(40)27-29-13-15-31(16-14-29)42(50)51;/h4-16,25-26,30H,17-24,27-28H2,1-3H3,(H,50,51);1H. The number of ketones is 1. The number of fused-ring (bicyclic) bond motifs is 1. The number of rotatable bonds is 13. The number of carbonyl (C=O) groups is 3. The van der Waals surface area contributed by atoms with Gasteiger partial charge in [0.2, 0.25) is 11.5 Å². The summed E-state index contributed by atoms with van der Waals surface area (Å²) < 4.78 is 18.5. The summed E-state index contributed by atoms with van der Waals surface area (Å²) in [7, 11) is 4.64. The molecule has 1 unspecified atom stereocenters. The topological polar surface area (TPSA) is 123 Å². The largest absolute Gasteiger partial charge is 0.493 e. The average Bonchev–Trinajstić information content (AvgIpc) is 3.82. The van der Waals surface area contributed by atoms with Crippen LogP contribution in [-0.4, -0.2) is 96.2 Å². The summed E-state index contributed by atoms with van der Waals surface area (Å²) in [4.78, 5) is 48.7. The van der Waals surface area contributed by atoms with Crippen molar-refractivity contribution in [1.29, 1.82) is 0 Å². The highest BCUT2D eigenvalue weighted by molar-refractivity contribution is 5.98. The molecule has 0 spiro atoms. The Kier molecular flexibility index (Phi) is 12.1. The molecule has 55 heavy (non-hydrogen) atoms. The van der Waals surface area contributed by atoms with E-state index in [-0.39, 0.29) is 41.0 Å². The van der Waals surface area contributed by atoms with E-state index >= 15 is 0 Å². The van der Waals surface area contributed by atoms with Gasteiger partial charge in [-0.15, -0.1) is 12.4 Å². The Morgan fingerprint density at radius 1 is 0.818 bits per heavy atom. The number of carboxylic acid groups (broad SMARTS) is 1. The van der Waals surface area contributed by atoms with Gasteiger partial charge in [-0.25, -0.2) is 9.78 Å². The average molecular weight is 767 g/mol. The molecule has 2 fully saturated rings. The number of piperidine rings is 1. The number of methoxy groups -OCH3 is 3. The maximum absolute atomic E-state index is 14.1. The Hall–Kier alpha value is -5.39. The molecular formula is C43H47ClN4O7. The number of halogens is 1. The number of likely N-dealkylation sites (tertiary alicyclic amines) is 2. The van der Waals surface area contributed by atoms with Crippen LogP contribution in [-0.2, 0) is 12.0 Å². The SMILES string of the molecule is COc1cc(C(=O)N2CCC(CCN3CCC(C(=O)c4nc5ccccc5n4Cc4ccc(C(=O)O)cc4)CC3)(c3ccccc3)C2)cc(OC)c1OC.Cl. The molecular weight excluding hydrogens is 720 g/mol. The predicted octanol–water partition coefficient (Wildman–Crippen LogP) is 7.00. The minimum atomic E-state index is -0.972. The second-order valence-electron chi connectivity index (χ2n) is 14.3. The van der Waals surface area contributed by atoms with Crippen molar-refractivity contribution in [2.75, 3.05) is 54.1 Å². The molecule has 0 aliphatic carbocycles. The van der Waals surface area contributed by atoms with Gasteiger partial charge in [0.05, 0.1) is 37.9 Å². The summed E-state index contributed by atoms with van der Waals surface area (Å²) in [6, 6.07) is 28.4. The van der Waals surface area contributed by atoms with Crippen molar-refractivity contribution in [3.8, 4) is 17.2 Å². The number of hydrogen-bond acceptors (Lipinski definition) is 8. The zero-order valence-corrected chi connectivity index (χ0v) is 32.2. The lowest BCUT2D eigenvalue weighted by molar-refractivity contribution is 0.0695. The molecule has 2 saturated heterocycles. The van der Waals surface area contributed by atoms with Gasteiger partial charge in [0, 0.05) is 36.5 Å². The summed E-state index contributed by atoms with van der Waals surface area (Å²) in [6.07, 6.45) is 3.20. The third-order valence-electron chi connectivity index (χ3n) is 11.2.